The molecule has 2 aromatic rings. The molecule has 1 heterocycles. The van der Waals surface area contributed by atoms with Crippen LogP contribution in [0, 0.1) is 19.8 Å². The van der Waals surface area contributed by atoms with E-state index in [1.807, 2.05) is 25.1 Å². The molecule has 112 valence electrons. The fourth-order valence-electron chi connectivity index (χ4n) is 2.60. The highest BCUT2D eigenvalue weighted by molar-refractivity contribution is 7.11. The van der Waals surface area contributed by atoms with Crippen molar-refractivity contribution >= 4 is 17.1 Å². The molecule has 0 N–H and O–H groups in total. The number of Topliss-reactive ketones (excluding diaryl/α,β-unsaturated/α-hetero) is 1. The molecule has 0 radical (unpaired) electrons. The molecule has 1 aromatic carbocycles. The van der Waals surface area contributed by atoms with Gasteiger partial charge >= 0.3 is 0 Å². The van der Waals surface area contributed by atoms with E-state index in [9.17, 15) is 4.79 Å². The van der Waals surface area contributed by atoms with Crippen LogP contribution in [0.1, 0.15) is 47.3 Å². The normalized spacial score (nSPS) is 13.9. The highest BCUT2D eigenvalue weighted by Gasteiger charge is 2.26. The number of benzene rings is 1. The summed E-state index contributed by atoms with van der Waals surface area (Å²) in [5, 5.41) is 0.944. The summed E-state index contributed by atoms with van der Waals surface area (Å²) in [6.45, 7) is 8.37. The lowest BCUT2D eigenvalue weighted by atomic mass is 9.81. The van der Waals surface area contributed by atoms with Gasteiger partial charge in [0.2, 0.25) is 0 Å². The Morgan fingerprint density at radius 3 is 2.43 bits per heavy atom. The van der Waals surface area contributed by atoms with Gasteiger partial charge in [0.25, 0.3) is 0 Å². The molecule has 2 nitrogen and oxygen atoms in total. The van der Waals surface area contributed by atoms with E-state index in [2.05, 4.69) is 37.9 Å². The van der Waals surface area contributed by atoms with Crippen molar-refractivity contribution in [2.24, 2.45) is 5.92 Å². The molecular weight excluding hydrogens is 278 g/mol. The average Bonchev–Trinajstić information content (AvgIpc) is 2.78. The Hall–Kier alpha value is -1.48. The molecule has 3 heteroatoms. The lowest BCUT2D eigenvalue weighted by Gasteiger charge is -2.22. The Morgan fingerprint density at radius 1 is 1.24 bits per heavy atom. The number of aromatic nitrogens is 1. The zero-order valence-corrected chi connectivity index (χ0v) is 14.0. The van der Waals surface area contributed by atoms with Gasteiger partial charge in [0.15, 0.2) is 0 Å². The Labute approximate surface area is 131 Å². The molecule has 2 atom stereocenters. The number of carbonyl (C=O) groups excluding carboxylic acids is 1. The number of nitrogens with zero attached hydrogens (tertiary/aromatic N) is 1. The molecule has 0 saturated carbocycles. The van der Waals surface area contributed by atoms with Gasteiger partial charge in [-0.25, -0.2) is 4.98 Å². The molecule has 0 aliphatic heterocycles. The van der Waals surface area contributed by atoms with Crippen molar-refractivity contribution in [3.63, 3.8) is 0 Å². The van der Waals surface area contributed by atoms with E-state index in [0.717, 1.165) is 22.7 Å². The molecular formula is C18H23NOS. The number of ketones is 1. The van der Waals surface area contributed by atoms with Gasteiger partial charge in [-0.3, -0.25) is 4.79 Å². The van der Waals surface area contributed by atoms with Crippen molar-refractivity contribution in [3.8, 4) is 0 Å². The minimum Gasteiger partial charge on any atom is -0.299 e. The average molecular weight is 301 g/mol. The number of rotatable bonds is 6. The first kappa shape index (κ1) is 15.9. The number of aryl methyl sites for hydroxylation is 2. The van der Waals surface area contributed by atoms with E-state index in [1.54, 1.807) is 11.3 Å². The summed E-state index contributed by atoms with van der Waals surface area (Å²) in [6, 6.07) is 10.1. The highest BCUT2D eigenvalue weighted by Crippen LogP contribution is 2.30. The van der Waals surface area contributed by atoms with Crippen LogP contribution in [0.5, 0.6) is 0 Å². The van der Waals surface area contributed by atoms with Crippen molar-refractivity contribution in [1.29, 1.82) is 0 Å². The molecule has 0 aliphatic carbocycles. The topological polar surface area (TPSA) is 30.0 Å². The summed E-state index contributed by atoms with van der Waals surface area (Å²) in [6.07, 6.45) is 1.45. The van der Waals surface area contributed by atoms with Crippen LogP contribution in [0.2, 0.25) is 0 Å². The molecule has 0 spiro atoms. The summed E-state index contributed by atoms with van der Waals surface area (Å²) in [7, 11) is 0. The summed E-state index contributed by atoms with van der Waals surface area (Å²) in [4.78, 5) is 18.5. The predicted molar refractivity (Wildman–Crippen MR) is 88.9 cm³/mol. The fourth-order valence-corrected chi connectivity index (χ4v) is 3.55. The minimum absolute atomic E-state index is 0.0271. The zero-order valence-electron chi connectivity index (χ0n) is 13.2. The van der Waals surface area contributed by atoms with Gasteiger partial charge in [-0.2, -0.15) is 0 Å². The summed E-state index contributed by atoms with van der Waals surface area (Å²) in [5.74, 6) is 0.604. The van der Waals surface area contributed by atoms with Crippen molar-refractivity contribution in [1.82, 2.24) is 4.98 Å². The van der Waals surface area contributed by atoms with E-state index in [0.29, 0.717) is 12.3 Å². The van der Waals surface area contributed by atoms with Crippen LogP contribution in [0.4, 0.5) is 0 Å². The lowest BCUT2D eigenvalue weighted by molar-refractivity contribution is -0.120. The van der Waals surface area contributed by atoms with E-state index in [1.165, 1.54) is 4.88 Å². The Kier molecular flexibility index (Phi) is 5.29. The van der Waals surface area contributed by atoms with Gasteiger partial charge in [0.05, 0.1) is 12.1 Å². The number of hydrogen-bond donors (Lipinski definition) is 0. The number of thiazole rings is 1. The van der Waals surface area contributed by atoms with Gasteiger partial charge in [-0.1, -0.05) is 50.6 Å². The molecule has 0 aliphatic rings. The maximum Gasteiger partial charge on any atom is 0.147 e. The summed E-state index contributed by atoms with van der Waals surface area (Å²) < 4.78 is 0. The van der Waals surface area contributed by atoms with Crippen molar-refractivity contribution in [3.05, 3.63) is 51.5 Å². The van der Waals surface area contributed by atoms with Gasteiger partial charge in [0.1, 0.15) is 10.8 Å². The Balaban J connectivity index is 2.22. The Bertz CT molecular complexity index is 583. The van der Waals surface area contributed by atoms with Crippen LogP contribution in [-0.4, -0.2) is 10.8 Å². The van der Waals surface area contributed by atoms with Crippen molar-refractivity contribution in [2.75, 3.05) is 0 Å². The van der Waals surface area contributed by atoms with Gasteiger partial charge in [-0.05, 0) is 25.3 Å². The third-order valence-corrected chi connectivity index (χ3v) is 5.19. The van der Waals surface area contributed by atoms with E-state index >= 15 is 0 Å². The van der Waals surface area contributed by atoms with Gasteiger partial charge in [0, 0.05) is 10.8 Å². The maximum absolute atomic E-state index is 12.8. The molecule has 2 rings (SSSR count). The van der Waals surface area contributed by atoms with E-state index < -0.39 is 0 Å². The second-order valence-electron chi connectivity index (χ2n) is 5.67. The summed E-state index contributed by atoms with van der Waals surface area (Å²) >= 11 is 1.64. The largest absolute Gasteiger partial charge is 0.299 e. The molecule has 0 amide bonds. The first-order chi connectivity index (χ1) is 10.0. The van der Waals surface area contributed by atoms with Crippen LogP contribution in [0.3, 0.4) is 0 Å². The third kappa shape index (κ3) is 3.79. The monoisotopic (exact) mass is 301 g/mol. The number of hydrogen-bond acceptors (Lipinski definition) is 3. The van der Waals surface area contributed by atoms with Crippen LogP contribution in [0.25, 0.3) is 0 Å². The molecule has 0 saturated heterocycles. The van der Waals surface area contributed by atoms with Crippen LogP contribution in [0.15, 0.2) is 30.3 Å². The van der Waals surface area contributed by atoms with Crippen LogP contribution >= 0.6 is 11.3 Å². The van der Waals surface area contributed by atoms with Gasteiger partial charge in [-0.15, -0.1) is 11.3 Å². The second kappa shape index (κ2) is 6.99. The summed E-state index contributed by atoms with van der Waals surface area (Å²) in [5.41, 5.74) is 2.17. The predicted octanol–water partition coefficient (Wildman–Crippen LogP) is 4.70. The van der Waals surface area contributed by atoms with Crippen molar-refractivity contribution in [2.45, 2.75) is 46.5 Å². The molecule has 1 aromatic heterocycles. The smallest absolute Gasteiger partial charge is 0.147 e. The molecule has 2 unspecified atom stereocenters. The van der Waals surface area contributed by atoms with Gasteiger partial charge < -0.3 is 0 Å². The van der Waals surface area contributed by atoms with Crippen LogP contribution in [-0.2, 0) is 11.2 Å². The molecule has 0 bridgehead atoms. The van der Waals surface area contributed by atoms with E-state index in [-0.39, 0.29) is 11.7 Å². The SMILES string of the molecule is CCC(C)C(C(=O)Cc1nc(C)c(C)s1)c1ccccc1. The molecule has 0 fully saturated rings. The second-order valence-corrected chi connectivity index (χ2v) is 6.95. The first-order valence-electron chi connectivity index (χ1n) is 7.53. The first-order valence-corrected chi connectivity index (χ1v) is 8.35. The maximum atomic E-state index is 12.8. The third-order valence-electron chi connectivity index (χ3n) is 4.12. The fraction of sp³-hybridized carbons (Fsp3) is 0.444. The Morgan fingerprint density at radius 2 is 1.90 bits per heavy atom. The lowest BCUT2D eigenvalue weighted by Crippen LogP contribution is -2.21. The standard InChI is InChI=1S/C18H23NOS/c1-5-12(2)18(15-9-7-6-8-10-15)16(20)11-17-19-13(3)14(4)21-17/h6-10,12,18H,5,11H2,1-4H3. The minimum atomic E-state index is -0.0271. The van der Waals surface area contributed by atoms with Crippen molar-refractivity contribution < 1.29 is 4.79 Å². The quantitative estimate of drug-likeness (QED) is 0.774. The van der Waals surface area contributed by atoms with Crippen LogP contribution < -0.4 is 0 Å². The van der Waals surface area contributed by atoms with E-state index in [4.69, 9.17) is 0 Å². The number of carbonyl (C=O) groups is 1. The highest BCUT2D eigenvalue weighted by atomic mass is 32.1. The zero-order chi connectivity index (χ0) is 15.4. The molecule has 21 heavy (non-hydrogen) atoms.